The average Bonchev–Trinajstić information content (AvgIpc) is 3.26. The zero-order chi connectivity index (χ0) is 13.5. The van der Waals surface area contributed by atoms with Gasteiger partial charge >= 0.3 is 0 Å². The fourth-order valence-corrected chi connectivity index (χ4v) is 3.30. The highest BCUT2D eigenvalue weighted by Gasteiger charge is 2.85. The van der Waals surface area contributed by atoms with Crippen LogP contribution in [0.2, 0.25) is 0 Å². The van der Waals surface area contributed by atoms with Gasteiger partial charge in [0.15, 0.2) is 0 Å². The van der Waals surface area contributed by atoms with Crippen LogP contribution in [0.4, 0.5) is 0 Å². The SMILES string of the molecule is [2H]C([2H])(Oc1cc[nH]n1)C([2H])([2H])C1C2(CC2)C12CC2. The highest BCUT2D eigenvalue weighted by atomic mass is 16.5. The summed E-state index contributed by atoms with van der Waals surface area (Å²) in [6.45, 7) is -2.35. The Morgan fingerprint density at radius 1 is 1.47 bits per heavy atom. The van der Waals surface area contributed by atoms with Gasteiger partial charge in [0.2, 0.25) is 5.88 Å². The number of rotatable bonds is 4. The minimum absolute atomic E-state index is 0.0960. The molecule has 0 bridgehead atoms. The van der Waals surface area contributed by atoms with Gasteiger partial charge in [0.1, 0.15) is 0 Å². The molecule has 2 spiro atoms. The van der Waals surface area contributed by atoms with Gasteiger partial charge in [-0.1, -0.05) is 0 Å². The van der Waals surface area contributed by atoms with E-state index in [1.165, 1.54) is 12.3 Å². The molecule has 1 aromatic heterocycles. The summed E-state index contributed by atoms with van der Waals surface area (Å²) in [4.78, 5) is 0. The second-order valence-electron chi connectivity index (χ2n) is 5.01. The van der Waals surface area contributed by atoms with Gasteiger partial charge in [-0.15, -0.1) is 5.10 Å². The lowest BCUT2D eigenvalue weighted by molar-refractivity contribution is 0.284. The maximum Gasteiger partial charge on any atom is 0.232 e. The average molecular weight is 208 g/mol. The molecule has 3 fully saturated rings. The maximum atomic E-state index is 8.27. The standard InChI is InChI=1S/C12H16N2O/c1-7-13-14-10(1)15-8-2-9-11(3-4-11)12(9)5-6-12/h1,7,9H,2-6,8H2,(H,13,14)/i2D2,8D2. The van der Waals surface area contributed by atoms with Crippen LogP contribution in [0.25, 0.3) is 0 Å². The normalized spacial score (nSPS) is 34.1. The first-order valence-electron chi connectivity index (χ1n) is 7.55. The Morgan fingerprint density at radius 3 is 2.73 bits per heavy atom. The molecule has 3 aliphatic carbocycles. The smallest absolute Gasteiger partial charge is 0.232 e. The predicted molar refractivity (Wildman–Crippen MR) is 55.5 cm³/mol. The van der Waals surface area contributed by atoms with Crippen molar-refractivity contribution in [2.45, 2.75) is 32.1 Å². The minimum atomic E-state index is -2.35. The lowest BCUT2D eigenvalue weighted by atomic mass is 10.2. The van der Waals surface area contributed by atoms with E-state index < -0.39 is 12.9 Å². The summed E-state index contributed by atoms with van der Waals surface area (Å²) in [7, 11) is 0. The quantitative estimate of drug-likeness (QED) is 0.825. The number of fused-ring (bicyclic) bond motifs is 1. The van der Waals surface area contributed by atoms with Crippen LogP contribution in [-0.2, 0) is 0 Å². The molecular weight excluding hydrogens is 188 g/mol. The van der Waals surface area contributed by atoms with Crippen molar-refractivity contribution in [1.29, 1.82) is 0 Å². The van der Waals surface area contributed by atoms with Gasteiger partial charge in [-0.05, 0) is 48.8 Å². The van der Waals surface area contributed by atoms with E-state index in [1.807, 2.05) is 0 Å². The Kier molecular flexibility index (Phi) is 0.857. The molecule has 0 aliphatic heterocycles. The van der Waals surface area contributed by atoms with Gasteiger partial charge in [0.05, 0.1) is 9.30 Å². The number of ether oxygens (including phenoxy) is 1. The summed E-state index contributed by atoms with van der Waals surface area (Å²) < 4.78 is 37.7. The largest absolute Gasteiger partial charge is 0.477 e. The van der Waals surface area contributed by atoms with Gasteiger partial charge in [0, 0.05) is 15.0 Å². The van der Waals surface area contributed by atoms with Crippen molar-refractivity contribution < 1.29 is 10.2 Å². The molecular formula is C12H16N2O. The van der Waals surface area contributed by atoms with Crippen molar-refractivity contribution in [3.63, 3.8) is 0 Å². The highest BCUT2D eigenvalue weighted by molar-refractivity contribution is 5.34. The minimum Gasteiger partial charge on any atom is -0.477 e. The maximum absolute atomic E-state index is 8.27. The van der Waals surface area contributed by atoms with Crippen molar-refractivity contribution in [2.24, 2.45) is 16.7 Å². The van der Waals surface area contributed by atoms with E-state index >= 15 is 0 Å². The lowest BCUT2D eigenvalue weighted by Gasteiger charge is -2.01. The summed E-state index contributed by atoms with van der Waals surface area (Å²) in [5, 5.41) is 6.29. The van der Waals surface area contributed by atoms with Crippen LogP contribution in [0.5, 0.6) is 5.88 Å². The second kappa shape index (κ2) is 2.39. The zero-order valence-electron chi connectivity index (χ0n) is 12.4. The van der Waals surface area contributed by atoms with E-state index in [1.54, 1.807) is 0 Å². The summed E-state index contributed by atoms with van der Waals surface area (Å²) in [6, 6.07) is 1.50. The monoisotopic (exact) mass is 208 g/mol. The molecule has 15 heavy (non-hydrogen) atoms. The van der Waals surface area contributed by atoms with Gasteiger partial charge in [0.25, 0.3) is 0 Å². The molecule has 0 aromatic carbocycles. The van der Waals surface area contributed by atoms with Crippen molar-refractivity contribution in [2.75, 3.05) is 6.56 Å². The first-order valence-corrected chi connectivity index (χ1v) is 5.55. The molecule has 80 valence electrons. The fourth-order valence-electron chi connectivity index (χ4n) is 3.30. The Morgan fingerprint density at radius 2 is 2.20 bits per heavy atom. The van der Waals surface area contributed by atoms with Crippen LogP contribution in [-0.4, -0.2) is 16.8 Å². The number of aromatic amines is 1. The molecule has 1 N–H and O–H groups in total. The van der Waals surface area contributed by atoms with Crippen LogP contribution in [0, 0.1) is 16.7 Å². The molecule has 1 aromatic rings. The molecule has 0 radical (unpaired) electrons. The van der Waals surface area contributed by atoms with Crippen molar-refractivity contribution in [1.82, 2.24) is 10.2 Å². The van der Waals surface area contributed by atoms with E-state index in [0.29, 0.717) is 0 Å². The van der Waals surface area contributed by atoms with Crippen LogP contribution in [0.1, 0.15) is 37.5 Å². The Labute approximate surface area is 94.8 Å². The van der Waals surface area contributed by atoms with Crippen LogP contribution in [0.15, 0.2) is 12.3 Å². The molecule has 0 saturated heterocycles. The summed E-state index contributed by atoms with van der Waals surface area (Å²) >= 11 is 0. The first kappa shape index (κ1) is 5.37. The molecule has 0 atom stereocenters. The van der Waals surface area contributed by atoms with E-state index in [-0.39, 0.29) is 22.6 Å². The number of hydrogen-bond acceptors (Lipinski definition) is 2. The van der Waals surface area contributed by atoms with Crippen molar-refractivity contribution in [3.8, 4) is 5.88 Å². The molecule has 1 heterocycles. The molecule has 3 saturated carbocycles. The van der Waals surface area contributed by atoms with Gasteiger partial charge in [-0.2, -0.15) is 0 Å². The van der Waals surface area contributed by atoms with E-state index in [0.717, 1.165) is 25.7 Å². The van der Waals surface area contributed by atoms with E-state index in [9.17, 15) is 0 Å². The topological polar surface area (TPSA) is 37.9 Å². The van der Waals surface area contributed by atoms with Crippen LogP contribution in [0.3, 0.4) is 0 Å². The van der Waals surface area contributed by atoms with Gasteiger partial charge in [-0.3, -0.25) is 5.10 Å². The Hall–Kier alpha value is -0.990. The fraction of sp³-hybridized carbons (Fsp3) is 0.750. The first-order chi connectivity index (χ1) is 8.86. The van der Waals surface area contributed by atoms with Gasteiger partial charge in [-0.25, -0.2) is 0 Å². The van der Waals surface area contributed by atoms with E-state index in [2.05, 4.69) is 10.2 Å². The Balaban J connectivity index is 1.60. The van der Waals surface area contributed by atoms with Crippen molar-refractivity contribution >= 4 is 0 Å². The molecule has 3 aliphatic rings. The molecule has 3 heteroatoms. The predicted octanol–water partition coefficient (Wildman–Crippen LogP) is 2.37. The summed E-state index contributed by atoms with van der Waals surface area (Å²) in [5.74, 6) is -0.0920. The molecule has 4 rings (SSSR count). The summed E-state index contributed by atoms with van der Waals surface area (Å²) in [5.41, 5.74) is 0.192. The third-order valence-corrected chi connectivity index (χ3v) is 4.42. The summed E-state index contributed by atoms with van der Waals surface area (Å²) in [6.07, 6.45) is 3.76. The third kappa shape index (κ3) is 0.938. The third-order valence-electron chi connectivity index (χ3n) is 4.42. The van der Waals surface area contributed by atoms with Gasteiger partial charge < -0.3 is 4.74 Å². The highest BCUT2D eigenvalue weighted by Crippen LogP contribution is 2.93. The zero-order valence-corrected chi connectivity index (χ0v) is 8.42. The second-order valence-corrected chi connectivity index (χ2v) is 5.01. The Bertz CT molecular complexity index is 502. The molecule has 0 unspecified atom stereocenters. The lowest BCUT2D eigenvalue weighted by Crippen LogP contribution is -2.00. The number of hydrogen-bond donors (Lipinski definition) is 1. The molecule has 3 nitrogen and oxygen atoms in total. The van der Waals surface area contributed by atoms with Crippen LogP contribution < -0.4 is 4.74 Å². The number of H-pyrrole nitrogens is 1. The van der Waals surface area contributed by atoms with Crippen LogP contribution >= 0.6 is 0 Å². The van der Waals surface area contributed by atoms with Crippen molar-refractivity contribution in [3.05, 3.63) is 12.3 Å². The number of nitrogens with zero attached hydrogens (tertiary/aromatic N) is 1. The number of aromatic nitrogens is 2. The molecule has 0 amide bonds. The van der Waals surface area contributed by atoms with E-state index in [4.69, 9.17) is 10.2 Å². The number of nitrogens with one attached hydrogen (secondary N) is 1.